The summed E-state index contributed by atoms with van der Waals surface area (Å²) in [5.41, 5.74) is 1.69. The Balaban J connectivity index is 2.41. The topological polar surface area (TPSA) is 127 Å². The molecule has 0 unspecified atom stereocenters. The highest BCUT2D eigenvalue weighted by atomic mass is 32.2. The zero-order valence-corrected chi connectivity index (χ0v) is 22.5. The number of rotatable bonds is 13. The van der Waals surface area contributed by atoms with Gasteiger partial charge < -0.3 is 9.47 Å². The lowest BCUT2D eigenvalue weighted by molar-refractivity contribution is -0.144. The second-order valence-corrected chi connectivity index (χ2v) is 11.8. The normalized spacial score (nSPS) is 12.1. The molecule has 0 bridgehead atoms. The summed E-state index contributed by atoms with van der Waals surface area (Å²) in [4.78, 5) is 24.3. The molecule has 0 saturated heterocycles. The van der Waals surface area contributed by atoms with E-state index in [0.717, 1.165) is 19.7 Å². The van der Waals surface area contributed by atoms with Gasteiger partial charge in [-0.2, -0.15) is 8.61 Å². The molecule has 198 valence electrons. The number of carbonyl (C=O) groups excluding carboxylic acids is 2. The Morgan fingerprint density at radius 1 is 0.639 bits per heavy atom. The van der Waals surface area contributed by atoms with Crippen molar-refractivity contribution in [1.29, 1.82) is 0 Å². The largest absolute Gasteiger partial charge is 0.465 e. The Bertz CT molecular complexity index is 1140. The molecule has 36 heavy (non-hydrogen) atoms. The zero-order chi connectivity index (χ0) is 26.9. The molecule has 0 fully saturated rings. The number of ether oxygens (including phenoxy) is 2. The first-order valence-corrected chi connectivity index (χ1v) is 14.2. The predicted octanol–water partition coefficient (Wildman–Crippen LogP) is 2.11. The number of nitrogens with zero attached hydrogens (tertiary/aromatic N) is 2. The first-order valence-electron chi connectivity index (χ1n) is 11.4. The fourth-order valence-corrected chi connectivity index (χ4v) is 5.96. The predicted molar refractivity (Wildman–Crippen MR) is 133 cm³/mol. The molecule has 0 aromatic heterocycles. The van der Waals surface area contributed by atoms with E-state index in [4.69, 9.17) is 9.47 Å². The van der Waals surface area contributed by atoms with Gasteiger partial charge in [-0.15, -0.1) is 0 Å². The van der Waals surface area contributed by atoms with Gasteiger partial charge >= 0.3 is 11.9 Å². The Morgan fingerprint density at radius 3 is 1.22 bits per heavy atom. The van der Waals surface area contributed by atoms with Gasteiger partial charge in [-0.05, 0) is 52.0 Å². The summed E-state index contributed by atoms with van der Waals surface area (Å²) >= 11 is 0. The minimum absolute atomic E-state index is 0.0496. The standard InChI is InChI=1S/C24H32N2O8S2/c1-5-33-23(27)17-25(35(29,30)21-11-7-19(3)8-12-21)15-16-26(18-24(28)34-6-2)36(31,32)22-13-9-20(4)10-14-22/h7-14H,5-6,15-18H2,1-4H3. The molecule has 0 aliphatic rings. The van der Waals surface area contributed by atoms with Crippen LogP contribution < -0.4 is 0 Å². The van der Waals surface area contributed by atoms with Crippen molar-refractivity contribution in [3.8, 4) is 0 Å². The van der Waals surface area contributed by atoms with Crippen LogP contribution in [0.15, 0.2) is 58.3 Å². The van der Waals surface area contributed by atoms with Crippen LogP contribution in [0.5, 0.6) is 0 Å². The molecule has 0 aliphatic heterocycles. The van der Waals surface area contributed by atoms with Crippen molar-refractivity contribution in [2.45, 2.75) is 37.5 Å². The second-order valence-electron chi connectivity index (χ2n) is 7.91. The van der Waals surface area contributed by atoms with E-state index >= 15 is 0 Å². The van der Waals surface area contributed by atoms with Crippen LogP contribution in [-0.2, 0) is 39.1 Å². The SMILES string of the molecule is CCOC(=O)CN(CCN(CC(=O)OCC)S(=O)(=O)c1ccc(C)cc1)S(=O)(=O)c1ccc(C)cc1. The number of hydrogen-bond acceptors (Lipinski definition) is 8. The molecular weight excluding hydrogens is 508 g/mol. The van der Waals surface area contributed by atoms with Crippen molar-refractivity contribution in [3.05, 3.63) is 59.7 Å². The zero-order valence-electron chi connectivity index (χ0n) is 20.8. The van der Waals surface area contributed by atoms with Crippen LogP contribution in [0, 0.1) is 13.8 Å². The summed E-state index contributed by atoms with van der Waals surface area (Å²) in [6, 6.07) is 12.1. The number of carbonyl (C=O) groups is 2. The van der Waals surface area contributed by atoms with Crippen molar-refractivity contribution in [2.24, 2.45) is 0 Å². The molecule has 10 nitrogen and oxygen atoms in total. The molecule has 0 radical (unpaired) electrons. The molecule has 2 aromatic carbocycles. The third-order valence-corrected chi connectivity index (χ3v) is 8.86. The van der Waals surface area contributed by atoms with Crippen molar-refractivity contribution in [3.63, 3.8) is 0 Å². The minimum Gasteiger partial charge on any atom is -0.465 e. The maximum Gasteiger partial charge on any atom is 0.321 e. The number of benzene rings is 2. The smallest absolute Gasteiger partial charge is 0.321 e. The van der Waals surface area contributed by atoms with E-state index in [9.17, 15) is 26.4 Å². The lowest BCUT2D eigenvalue weighted by Crippen LogP contribution is -2.45. The van der Waals surface area contributed by atoms with Crippen molar-refractivity contribution in [1.82, 2.24) is 8.61 Å². The van der Waals surface area contributed by atoms with Gasteiger partial charge in [0, 0.05) is 13.1 Å². The second kappa shape index (κ2) is 12.9. The highest BCUT2D eigenvalue weighted by Gasteiger charge is 2.32. The monoisotopic (exact) mass is 540 g/mol. The van der Waals surface area contributed by atoms with E-state index in [-0.39, 0.29) is 23.0 Å². The number of sulfonamides is 2. The highest BCUT2D eigenvalue weighted by molar-refractivity contribution is 7.89. The quantitative estimate of drug-likeness (QED) is 0.354. The lowest BCUT2D eigenvalue weighted by Gasteiger charge is -2.26. The Hall–Kier alpha value is -2.80. The fraction of sp³-hybridized carbons (Fsp3) is 0.417. The van der Waals surface area contributed by atoms with Gasteiger partial charge in [-0.25, -0.2) is 16.8 Å². The van der Waals surface area contributed by atoms with E-state index in [0.29, 0.717) is 0 Å². The molecule has 0 heterocycles. The molecule has 0 atom stereocenters. The summed E-state index contributed by atoms with van der Waals surface area (Å²) in [6.45, 7) is 4.83. The van der Waals surface area contributed by atoms with Crippen LogP contribution in [0.3, 0.4) is 0 Å². The summed E-state index contributed by atoms with van der Waals surface area (Å²) in [5, 5.41) is 0. The third-order valence-electron chi connectivity index (χ3n) is 5.14. The molecule has 2 rings (SSSR count). The van der Waals surface area contributed by atoms with E-state index in [1.807, 2.05) is 0 Å². The van der Waals surface area contributed by atoms with Crippen LogP contribution >= 0.6 is 0 Å². The number of aryl methyl sites for hydroxylation is 2. The maximum absolute atomic E-state index is 13.3. The van der Waals surface area contributed by atoms with E-state index in [1.165, 1.54) is 24.3 Å². The maximum atomic E-state index is 13.3. The van der Waals surface area contributed by atoms with Crippen LogP contribution in [-0.4, -0.2) is 76.8 Å². The van der Waals surface area contributed by atoms with E-state index < -0.39 is 58.2 Å². The molecule has 12 heteroatoms. The summed E-state index contributed by atoms with van der Waals surface area (Å²) in [5.74, 6) is -1.57. The average Bonchev–Trinajstić information content (AvgIpc) is 2.81. The average molecular weight is 541 g/mol. The Labute approximate surface area is 212 Å². The van der Waals surface area contributed by atoms with Crippen LogP contribution in [0.25, 0.3) is 0 Å². The van der Waals surface area contributed by atoms with Crippen molar-refractivity contribution < 1.29 is 35.9 Å². The molecule has 0 saturated carbocycles. The van der Waals surface area contributed by atoms with Gasteiger partial charge in [0.25, 0.3) is 0 Å². The van der Waals surface area contributed by atoms with Gasteiger partial charge in [0.1, 0.15) is 13.1 Å². The van der Waals surface area contributed by atoms with Gasteiger partial charge in [0.05, 0.1) is 23.0 Å². The lowest BCUT2D eigenvalue weighted by atomic mass is 10.2. The molecule has 0 amide bonds. The van der Waals surface area contributed by atoms with Gasteiger partial charge in [0.2, 0.25) is 20.0 Å². The molecule has 0 N–H and O–H groups in total. The van der Waals surface area contributed by atoms with Crippen molar-refractivity contribution in [2.75, 3.05) is 39.4 Å². The Morgan fingerprint density at radius 2 is 0.944 bits per heavy atom. The minimum atomic E-state index is -4.19. The summed E-state index contributed by atoms with van der Waals surface area (Å²) < 4.78 is 64.9. The first-order chi connectivity index (χ1) is 16.9. The molecule has 0 aliphatic carbocycles. The van der Waals surface area contributed by atoms with Crippen LogP contribution in [0.1, 0.15) is 25.0 Å². The van der Waals surface area contributed by atoms with Gasteiger partial charge in [-0.3, -0.25) is 9.59 Å². The number of hydrogen-bond donors (Lipinski definition) is 0. The number of esters is 2. The van der Waals surface area contributed by atoms with E-state index in [1.54, 1.807) is 52.0 Å². The Kier molecular flexibility index (Phi) is 10.6. The summed E-state index contributed by atoms with van der Waals surface area (Å²) in [7, 11) is -8.37. The van der Waals surface area contributed by atoms with E-state index in [2.05, 4.69) is 0 Å². The highest BCUT2D eigenvalue weighted by Crippen LogP contribution is 2.20. The van der Waals surface area contributed by atoms with Crippen molar-refractivity contribution >= 4 is 32.0 Å². The molecule has 2 aromatic rings. The van der Waals surface area contributed by atoms with Gasteiger partial charge in [0.15, 0.2) is 0 Å². The fourth-order valence-electron chi connectivity index (χ4n) is 3.21. The van der Waals surface area contributed by atoms with Gasteiger partial charge in [-0.1, -0.05) is 35.4 Å². The van der Waals surface area contributed by atoms with Crippen LogP contribution in [0.4, 0.5) is 0 Å². The first kappa shape index (κ1) is 29.4. The third kappa shape index (κ3) is 7.85. The van der Waals surface area contributed by atoms with Crippen LogP contribution in [0.2, 0.25) is 0 Å². The molecule has 0 spiro atoms. The molecular formula is C24H32N2O8S2. The summed E-state index contributed by atoms with van der Waals surface area (Å²) in [6.07, 6.45) is 0.